The highest BCUT2D eigenvalue weighted by Crippen LogP contribution is 2.36. The Morgan fingerprint density at radius 2 is 1.61 bits per heavy atom. The van der Waals surface area contributed by atoms with Crippen molar-refractivity contribution in [2.75, 3.05) is 31.2 Å². The van der Waals surface area contributed by atoms with Crippen molar-refractivity contribution >= 4 is 25.7 Å². The lowest BCUT2D eigenvalue weighted by Crippen LogP contribution is -2.36. The van der Waals surface area contributed by atoms with Crippen LogP contribution in [0.3, 0.4) is 0 Å². The van der Waals surface area contributed by atoms with E-state index in [9.17, 15) is 30.0 Å². The topological polar surface area (TPSA) is 106 Å². The third kappa shape index (κ3) is 5.69. The molecule has 13 heteroatoms. The number of benzene rings is 2. The molecule has 1 aliphatic rings. The van der Waals surface area contributed by atoms with Gasteiger partial charge in [0, 0.05) is 25.8 Å². The van der Waals surface area contributed by atoms with E-state index in [1.54, 1.807) is 18.2 Å². The first kappa shape index (κ1) is 26.1. The number of nitrogens with one attached hydrogen (secondary N) is 1. The lowest BCUT2D eigenvalue weighted by atomic mass is 10.2. The van der Waals surface area contributed by atoms with Gasteiger partial charge in [0.25, 0.3) is 0 Å². The minimum Gasteiger partial charge on any atom is -0.378 e. The predicted molar refractivity (Wildman–Crippen MR) is 125 cm³/mol. The molecule has 36 heavy (non-hydrogen) atoms. The van der Waals surface area contributed by atoms with Crippen LogP contribution < -0.4 is 9.62 Å². The second-order valence-corrected chi connectivity index (χ2v) is 11.6. The molecule has 0 atom stereocenters. The summed E-state index contributed by atoms with van der Waals surface area (Å²) in [6.07, 6.45) is -3.60. The van der Waals surface area contributed by atoms with Gasteiger partial charge in [0.1, 0.15) is 5.82 Å². The molecule has 192 valence electrons. The van der Waals surface area contributed by atoms with Crippen LogP contribution in [0.5, 0.6) is 0 Å². The maximum atomic E-state index is 13.6. The van der Waals surface area contributed by atoms with Crippen molar-refractivity contribution in [1.82, 2.24) is 9.71 Å². The zero-order valence-electron chi connectivity index (χ0n) is 18.8. The van der Waals surface area contributed by atoms with Gasteiger partial charge < -0.3 is 9.64 Å². The molecule has 1 aliphatic heterocycles. The van der Waals surface area contributed by atoms with E-state index in [4.69, 9.17) is 4.74 Å². The minimum atomic E-state index is -5.03. The Bertz CT molecular complexity index is 1420. The number of rotatable bonds is 7. The molecule has 1 saturated heterocycles. The van der Waals surface area contributed by atoms with Crippen LogP contribution in [0.1, 0.15) is 11.1 Å². The number of sulfonamides is 1. The molecule has 1 aromatic heterocycles. The van der Waals surface area contributed by atoms with E-state index in [1.165, 1.54) is 30.5 Å². The molecule has 0 aliphatic carbocycles. The Balaban J connectivity index is 1.61. The maximum absolute atomic E-state index is 13.6. The van der Waals surface area contributed by atoms with Crippen LogP contribution in [-0.2, 0) is 37.3 Å². The number of alkyl halides is 3. The lowest BCUT2D eigenvalue weighted by molar-refractivity contribution is -0.139. The van der Waals surface area contributed by atoms with E-state index in [0.717, 1.165) is 6.07 Å². The maximum Gasteiger partial charge on any atom is 0.417 e. The fourth-order valence-electron chi connectivity index (χ4n) is 3.62. The summed E-state index contributed by atoms with van der Waals surface area (Å²) < 4.78 is 100. The Kier molecular flexibility index (Phi) is 7.36. The first-order valence-corrected chi connectivity index (χ1v) is 13.7. The van der Waals surface area contributed by atoms with Crippen LogP contribution in [-0.4, -0.2) is 48.1 Å². The summed E-state index contributed by atoms with van der Waals surface area (Å²) in [5.41, 5.74) is -1.06. The second-order valence-electron chi connectivity index (χ2n) is 7.92. The highest BCUT2D eigenvalue weighted by Gasteiger charge is 2.38. The number of sulfone groups is 1. The van der Waals surface area contributed by atoms with Crippen LogP contribution in [0.4, 0.5) is 19.0 Å². The van der Waals surface area contributed by atoms with E-state index in [2.05, 4.69) is 9.71 Å². The molecular formula is C23H22F3N3O5S2. The van der Waals surface area contributed by atoms with Crippen molar-refractivity contribution in [3.63, 3.8) is 0 Å². The van der Waals surface area contributed by atoms with E-state index < -0.39 is 41.4 Å². The number of pyridine rings is 1. The van der Waals surface area contributed by atoms with Crippen molar-refractivity contribution in [1.29, 1.82) is 0 Å². The van der Waals surface area contributed by atoms with Crippen LogP contribution in [0.25, 0.3) is 0 Å². The molecule has 0 amide bonds. The summed E-state index contributed by atoms with van der Waals surface area (Å²) in [5, 5.41) is 0. The van der Waals surface area contributed by atoms with Gasteiger partial charge >= 0.3 is 6.18 Å². The van der Waals surface area contributed by atoms with Gasteiger partial charge in [0.05, 0.1) is 33.5 Å². The molecule has 2 heterocycles. The molecule has 1 N–H and O–H groups in total. The van der Waals surface area contributed by atoms with Gasteiger partial charge in [-0.1, -0.05) is 24.3 Å². The van der Waals surface area contributed by atoms with Crippen molar-refractivity contribution in [2.45, 2.75) is 27.4 Å². The first-order valence-electron chi connectivity index (χ1n) is 10.8. The van der Waals surface area contributed by atoms with Gasteiger partial charge in [-0.15, -0.1) is 0 Å². The quantitative estimate of drug-likeness (QED) is 0.490. The minimum absolute atomic E-state index is 0.174. The fraction of sp³-hybridized carbons (Fsp3) is 0.261. The zero-order chi connectivity index (χ0) is 26.0. The standard InChI is InChI=1S/C23H22F3N3O5S2/c24-23(25,26)20-8-7-19(35(30,31)18-4-2-1-3-5-18)14-21(20)36(32,33)28-16-17-6-9-22(27-15-17)29-10-12-34-13-11-29/h1-9,14-15,28H,10-13,16H2. The number of ether oxygens (including phenoxy) is 1. The molecule has 0 bridgehead atoms. The summed E-state index contributed by atoms with van der Waals surface area (Å²) in [5.74, 6) is 0.670. The van der Waals surface area contributed by atoms with Gasteiger partial charge in [-0.05, 0) is 42.0 Å². The number of hydrogen-bond donors (Lipinski definition) is 1. The molecule has 0 unspecified atom stereocenters. The van der Waals surface area contributed by atoms with E-state index in [1.807, 2.05) is 4.90 Å². The van der Waals surface area contributed by atoms with Gasteiger partial charge in [-0.2, -0.15) is 13.2 Å². The van der Waals surface area contributed by atoms with Crippen LogP contribution in [0.2, 0.25) is 0 Å². The molecule has 3 aromatic rings. The van der Waals surface area contributed by atoms with E-state index in [0.29, 0.717) is 49.8 Å². The first-order chi connectivity index (χ1) is 17.0. The third-order valence-corrected chi connectivity index (χ3v) is 8.73. The van der Waals surface area contributed by atoms with E-state index in [-0.39, 0.29) is 11.4 Å². The Hall–Kier alpha value is -3.00. The molecular weight excluding hydrogens is 519 g/mol. The zero-order valence-corrected chi connectivity index (χ0v) is 20.4. The number of aromatic nitrogens is 1. The van der Waals surface area contributed by atoms with E-state index >= 15 is 0 Å². The summed E-state index contributed by atoms with van der Waals surface area (Å²) in [6, 6.07) is 12.1. The monoisotopic (exact) mass is 541 g/mol. The average Bonchev–Trinajstić information content (AvgIpc) is 2.88. The van der Waals surface area contributed by atoms with Crippen LogP contribution in [0.15, 0.2) is 81.5 Å². The summed E-state index contributed by atoms with van der Waals surface area (Å²) in [6.45, 7) is 2.09. The molecule has 0 saturated carbocycles. The van der Waals surface area contributed by atoms with Crippen molar-refractivity contribution in [2.24, 2.45) is 0 Å². The Morgan fingerprint density at radius 1 is 0.917 bits per heavy atom. The van der Waals surface area contributed by atoms with Gasteiger partial charge in [-0.3, -0.25) is 0 Å². The third-order valence-electron chi connectivity index (χ3n) is 5.52. The SMILES string of the molecule is O=S(=O)(NCc1ccc(N2CCOCC2)nc1)c1cc(S(=O)(=O)c2ccccc2)ccc1C(F)(F)F. The summed E-state index contributed by atoms with van der Waals surface area (Å²) in [7, 11) is -9.01. The smallest absolute Gasteiger partial charge is 0.378 e. The van der Waals surface area contributed by atoms with Gasteiger partial charge in [0.2, 0.25) is 19.9 Å². The highest BCUT2D eigenvalue weighted by atomic mass is 32.2. The predicted octanol–water partition coefficient (Wildman–Crippen LogP) is 3.25. The number of halogens is 3. The number of hydrogen-bond acceptors (Lipinski definition) is 7. The fourth-order valence-corrected chi connectivity index (χ4v) is 6.27. The van der Waals surface area contributed by atoms with Crippen molar-refractivity contribution in [3.05, 3.63) is 78.0 Å². The van der Waals surface area contributed by atoms with Crippen LogP contribution in [0, 0.1) is 0 Å². The van der Waals surface area contributed by atoms with Gasteiger partial charge in [0.15, 0.2) is 0 Å². The summed E-state index contributed by atoms with van der Waals surface area (Å²) >= 11 is 0. The highest BCUT2D eigenvalue weighted by molar-refractivity contribution is 7.91. The van der Waals surface area contributed by atoms with Crippen molar-refractivity contribution in [3.8, 4) is 0 Å². The molecule has 8 nitrogen and oxygen atoms in total. The van der Waals surface area contributed by atoms with Gasteiger partial charge in [-0.25, -0.2) is 26.5 Å². The van der Waals surface area contributed by atoms with Crippen LogP contribution >= 0.6 is 0 Å². The summed E-state index contributed by atoms with van der Waals surface area (Å²) in [4.78, 5) is 4.36. The molecule has 4 rings (SSSR count). The molecule has 0 radical (unpaired) electrons. The number of nitrogens with zero attached hydrogens (tertiary/aromatic N) is 2. The number of anilines is 1. The number of morpholine rings is 1. The molecule has 0 spiro atoms. The molecule has 2 aromatic carbocycles. The van der Waals surface area contributed by atoms with Crippen molar-refractivity contribution < 1.29 is 34.7 Å². The Morgan fingerprint density at radius 3 is 2.22 bits per heavy atom. The molecule has 1 fully saturated rings. The second kappa shape index (κ2) is 10.2. The lowest BCUT2D eigenvalue weighted by Gasteiger charge is -2.27. The normalized spacial score (nSPS) is 15.1. The largest absolute Gasteiger partial charge is 0.417 e. The average molecular weight is 542 g/mol. The Labute approximate surface area is 206 Å².